The maximum absolute atomic E-state index is 10.8. The molecule has 1 aliphatic carbocycles. The van der Waals surface area contributed by atoms with Crippen LogP contribution in [-0.2, 0) is 0 Å². The van der Waals surface area contributed by atoms with Crippen molar-refractivity contribution in [2.45, 2.75) is 31.8 Å². The van der Waals surface area contributed by atoms with E-state index in [0.717, 1.165) is 5.01 Å². The molecule has 1 aromatic rings. The highest BCUT2D eigenvalue weighted by Crippen LogP contribution is 2.25. The summed E-state index contributed by atoms with van der Waals surface area (Å²) in [6, 6.07) is 0.777. The van der Waals surface area contributed by atoms with Gasteiger partial charge in [0.05, 0.1) is 6.04 Å². The molecular weight excluding hydrogens is 200 g/mol. The molecule has 2 rings (SSSR count). The van der Waals surface area contributed by atoms with Gasteiger partial charge in [-0.05, 0) is 19.8 Å². The normalized spacial score (nSPS) is 18.1. The van der Waals surface area contributed by atoms with E-state index < -0.39 is 5.91 Å². The molecule has 0 spiro atoms. The molecule has 1 aromatic heterocycles. The van der Waals surface area contributed by atoms with Crippen molar-refractivity contribution >= 4 is 17.2 Å². The summed E-state index contributed by atoms with van der Waals surface area (Å²) >= 11 is 1.26. The zero-order valence-electron chi connectivity index (χ0n) is 7.86. The van der Waals surface area contributed by atoms with Gasteiger partial charge < -0.3 is 11.1 Å². The Balaban J connectivity index is 2.03. The Labute approximate surface area is 85.7 Å². The van der Waals surface area contributed by atoms with Crippen LogP contribution in [0, 0.1) is 0 Å². The number of carbonyl (C=O) groups excluding carboxylic acids is 1. The summed E-state index contributed by atoms with van der Waals surface area (Å²) in [5.41, 5.74) is 5.09. The zero-order valence-corrected chi connectivity index (χ0v) is 8.67. The Bertz CT molecular complexity index is 347. The number of carbonyl (C=O) groups is 1. The molecule has 76 valence electrons. The summed E-state index contributed by atoms with van der Waals surface area (Å²) in [5.74, 6) is -0.507. The van der Waals surface area contributed by atoms with Gasteiger partial charge in [-0.1, -0.05) is 11.3 Å². The van der Waals surface area contributed by atoms with Gasteiger partial charge in [0.2, 0.25) is 5.01 Å². The summed E-state index contributed by atoms with van der Waals surface area (Å²) < 4.78 is 0. The van der Waals surface area contributed by atoms with E-state index in [1.807, 2.05) is 6.92 Å². The first-order chi connectivity index (χ1) is 6.66. The molecule has 5 nitrogen and oxygen atoms in total. The predicted molar refractivity (Wildman–Crippen MR) is 53.0 cm³/mol. The lowest BCUT2D eigenvalue weighted by Gasteiger charge is -2.07. The number of nitrogens with two attached hydrogens (primary N) is 1. The minimum Gasteiger partial charge on any atom is -0.363 e. The van der Waals surface area contributed by atoms with Crippen LogP contribution in [0.1, 0.15) is 40.6 Å². The Morgan fingerprint density at radius 3 is 2.86 bits per heavy atom. The molecule has 0 bridgehead atoms. The number of nitrogens with one attached hydrogen (secondary N) is 1. The third-order valence-corrected chi connectivity index (χ3v) is 3.21. The van der Waals surface area contributed by atoms with Crippen LogP contribution in [0.2, 0.25) is 0 Å². The highest BCUT2D eigenvalue weighted by molar-refractivity contribution is 7.13. The lowest BCUT2D eigenvalue weighted by molar-refractivity contribution is 0.0999. The largest absolute Gasteiger partial charge is 0.363 e. The van der Waals surface area contributed by atoms with Crippen LogP contribution in [0.4, 0.5) is 0 Å². The highest BCUT2D eigenvalue weighted by Gasteiger charge is 2.25. The van der Waals surface area contributed by atoms with Gasteiger partial charge in [-0.15, -0.1) is 10.2 Å². The molecule has 1 saturated carbocycles. The van der Waals surface area contributed by atoms with Crippen LogP contribution in [-0.4, -0.2) is 22.1 Å². The van der Waals surface area contributed by atoms with Crippen molar-refractivity contribution in [3.63, 3.8) is 0 Å². The molecular formula is C8H12N4OS. The molecule has 1 aliphatic rings. The number of primary amides is 1. The summed E-state index contributed by atoms with van der Waals surface area (Å²) in [4.78, 5) is 10.8. The standard InChI is InChI=1S/C8H12N4OS/c1-4(10-5-2-3-5)7-11-12-8(14-7)6(9)13/h4-5,10H,2-3H2,1H3,(H2,9,13). The second kappa shape index (κ2) is 3.62. The van der Waals surface area contributed by atoms with E-state index in [-0.39, 0.29) is 11.0 Å². The second-order valence-corrected chi connectivity index (χ2v) is 4.48. The van der Waals surface area contributed by atoms with Crippen molar-refractivity contribution in [3.8, 4) is 0 Å². The average Bonchev–Trinajstić information content (AvgIpc) is 2.81. The Hall–Kier alpha value is -1.01. The van der Waals surface area contributed by atoms with Crippen molar-refractivity contribution in [1.29, 1.82) is 0 Å². The monoisotopic (exact) mass is 212 g/mol. The predicted octanol–water partition coefficient (Wildman–Crippen LogP) is 0.450. The molecule has 0 radical (unpaired) electrons. The maximum Gasteiger partial charge on any atom is 0.279 e. The number of aromatic nitrogens is 2. The summed E-state index contributed by atoms with van der Waals surface area (Å²) in [7, 11) is 0. The lowest BCUT2D eigenvalue weighted by atomic mass is 10.3. The van der Waals surface area contributed by atoms with E-state index in [1.54, 1.807) is 0 Å². The molecule has 1 unspecified atom stereocenters. The van der Waals surface area contributed by atoms with Crippen molar-refractivity contribution in [1.82, 2.24) is 15.5 Å². The van der Waals surface area contributed by atoms with Crippen LogP contribution in [0.25, 0.3) is 0 Å². The van der Waals surface area contributed by atoms with E-state index >= 15 is 0 Å². The Kier molecular flexibility index (Phi) is 2.47. The van der Waals surface area contributed by atoms with Crippen LogP contribution in [0.15, 0.2) is 0 Å². The average molecular weight is 212 g/mol. The van der Waals surface area contributed by atoms with Crippen molar-refractivity contribution < 1.29 is 4.79 Å². The first-order valence-corrected chi connectivity index (χ1v) is 5.37. The Morgan fingerprint density at radius 2 is 2.36 bits per heavy atom. The van der Waals surface area contributed by atoms with E-state index in [4.69, 9.17) is 5.73 Å². The fraction of sp³-hybridized carbons (Fsp3) is 0.625. The molecule has 0 aliphatic heterocycles. The van der Waals surface area contributed by atoms with Gasteiger partial charge in [0.1, 0.15) is 5.01 Å². The summed E-state index contributed by atoms with van der Waals surface area (Å²) in [6.07, 6.45) is 2.46. The topological polar surface area (TPSA) is 80.9 Å². The minimum absolute atomic E-state index is 0.160. The molecule has 0 aromatic carbocycles. The van der Waals surface area contributed by atoms with Gasteiger partial charge >= 0.3 is 0 Å². The number of hydrogen-bond acceptors (Lipinski definition) is 5. The first-order valence-electron chi connectivity index (χ1n) is 4.56. The molecule has 14 heavy (non-hydrogen) atoms. The van der Waals surface area contributed by atoms with Gasteiger partial charge in [0.15, 0.2) is 0 Å². The molecule has 1 fully saturated rings. The molecule has 1 heterocycles. The number of amides is 1. The molecule has 6 heteroatoms. The molecule has 1 atom stereocenters. The maximum atomic E-state index is 10.8. The van der Waals surface area contributed by atoms with Crippen LogP contribution in [0.5, 0.6) is 0 Å². The van der Waals surface area contributed by atoms with Crippen LogP contribution < -0.4 is 11.1 Å². The molecule has 1 amide bonds. The first kappa shape index (κ1) is 9.54. The quantitative estimate of drug-likeness (QED) is 0.759. The Morgan fingerprint density at radius 1 is 1.64 bits per heavy atom. The van der Waals surface area contributed by atoms with Crippen molar-refractivity contribution in [2.75, 3.05) is 0 Å². The highest BCUT2D eigenvalue weighted by atomic mass is 32.1. The number of rotatable bonds is 4. The number of nitrogens with zero attached hydrogens (tertiary/aromatic N) is 2. The van der Waals surface area contributed by atoms with Crippen LogP contribution in [0.3, 0.4) is 0 Å². The molecule has 0 saturated heterocycles. The summed E-state index contributed by atoms with van der Waals surface area (Å²) in [6.45, 7) is 2.02. The van der Waals surface area contributed by atoms with Gasteiger partial charge in [-0.2, -0.15) is 0 Å². The van der Waals surface area contributed by atoms with E-state index in [2.05, 4.69) is 15.5 Å². The minimum atomic E-state index is -0.507. The molecule has 3 N–H and O–H groups in total. The van der Waals surface area contributed by atoms with Crippen molar-refractivity contribution in [2.24, 2.45) is 5.73 Å². The fourth-order valence-electron chi connectivity index (χ4n) is 1.18. The lowest BCUT2D eigenvalue weighted by Crippen LogP contribution is -2.20. The smallest absolute Gasteiger partial charge is 0.279 e. The van der Waals surface area contributed by atoms with Crippen LogP contribution >= 0.6 is 11.3 Å². The van der Waals surface area contributed by atoms with Gasteiger partial charge in [-0.25, -0.2) is 0 Å². The van der Waals surface area contributed by atoms with Gasteiger partial charge in [0, 0.05) is 6.04 Å². The van der Waals surface area contributed by atoms with E-state index in [9.17, 15) is 4.79 Å². The zero-order chi connectivity index (χ0) is 10.1. The van der Waals surface area contributed by atoms with Gasteiger partial charge in [-0.3, -0.25) is 4.79 Å². The third kappa shape index (κ3) is 2.08. The summed E-state index contributed by atoms with van der Waals surface area (Å²) in [5, 5.41) is 12.1. The van der Waals surface area contributed by atoms with Gasteiger partial charge in [0.25, 0.3) is 5.91 Å². The second-order valence-electron chi connectivity index (χ2n) is 3.47. The van der Waals surface area contributed by atoms with E-state index in [1.165, 1.54) is 24.2 Å². The van der Waals surface area contributed by atoms with Crippen molar-refractivity contribution in [3.05, 3.63) is 10.0 Å². The van der Waals surface area contributed by atoms with E-state index in [0.29, 0.717) is 6.04 Å². The number of hydrogen-bond donors (Lipinski definition) is 2. The third-order valence-electron chi connectivity index (χ3n) is 2.08. The SMILES string of the molecule is CC(NC1CC1)c1nnc(C(N)=O)s1. The fourth-order valence-corrected chi connectivity index (χ4v) is 1.89.